The molecule has 0 spiro atoms. The summed E-state index contributed by atoms with van der Waals surface area (Å²) >= 11 is 0. The van der Waals surface area contributed by atoms with Crippen LogP contribution in [0.1, 0.15) is 27.7 Å². The highest BCUT2D eigenvalue weighted by Gasteiger charge is 2.41. The van der Waals surface area contributed by atoms with Gasteiger partial charge in [-0.25, -0.2) is 5.01 Å². The van der Waals surface area contributed by atoms with Crippen molar-refractivity contribution in [3.05, 3.63) is 77.5 Å². The predicted molar refractivity (Wildman–Crippen MR) is 101 cm³/mol. The lowest BCUT2D eigenvalue weighted by molar-refractivity contribution is 0.0125. The van der Waals surface area contributed by atoms with Gasteiger partial charge in [-0.1, -0.05) is 60.7 Å². The Bertz CT molecular complexity index is 969. The zero-order valence-corrected chi connectivity index (χ0v) is 14.7. The van der Waals surface area contributed by atoms with E-state index in [0.29, 0.717) is 0 Å². The summed E-state index contributed by atoms with van der Waals surface area (Å²) in [5.74, 6) is 0.0430. The molecule has 0 bridgehead atoms. The molecule has 2 heterocycles. The largest absolute Gasteiger partial charge is 0.339 e. The molecule has 1 atom stereocenters. The van der Waals surface area contributed by atoms with Gasteiger partial charge in [-0.05, 0) is 11.6 Å². The molecule has 4 rings (SSSR count). The molecule has 1 aliphatic heterocycles. The lowest BCUT2D eigenvalue weighted by atomic mass is 10.0. The molecule has 0 saturated carbocycles. The van der Waals surface area contributed by atoms with Crippen molar-refractivity contribution in [3.63, 3.8) is 0 Å². The maximum atomic E-state index is 13.1. The number of fused-ring (bicyclic) bond motifs is 3. The molecule has 0 saturated heterocycles. The Morgan fingerprint density at radius 2 is 1.68 bits per heavy atom. The summed E-state index contributed by atoms with van der Waals surface area (Å²) in [6.07, 6.45) is 4.21. The topological polar surface area (TPSA) is 28.5 Å². The van der Waals surface area contributed by atoms with Crippen LogP contribution in [0.5, 0.6) is 0 Å². The Morgan fingerprint density at radius 1 is 1.00 bits per heavy atom. The molecule has 1 amide bonds. The molecule has 2 aromatic carbocycles. The lowest BCUT2D eigenvalue weighted by Crippen LogP contribution is -2.39. The van der Waals surface area contributed by atoms with E-state index in [1.54, 1.807) is 0 Å². The quantitative estimate of drug-likeness (QED) is 0.729. The van der Waals surface area contributed by atoms with Crippen LogP contribution in [-0.2, 0) is 7.05 Å². The monoisotopic (exact) mass is 331 g/mol. The van der Waals surface area contributed by atoms with E-state index < -0.39 is 0 Å². The molecule has 4 heteroatoms. The number of nitrogens with zero attached hydrogens (tertiary/aromatic N) is 3. The van der Waals surface area contributed by atoms with E-state index in [0.717, 1.165) is 27.7 Å². The van der Waals surface area contributed by atoms with Crippen LogP contribution in [0.2, 0.25) is 0 Å². The van der Waals surface area contributed by atoms with Crippen molar-refractivity contribution in [3.8, 4) is 0 Å². The Kier molecular flexibility index (Phi) is 3.70. The highest BCUT2D eigenvalue weighted by atomic mass is 16.2. The molecule has 3 aromatic rings. The van der Waals surface area contributed by atoms with E-state index in [-0.39, 0.29) is 11.9 Å². The molecule has 0 aliphatic carbocycles. The molecule has 25 heavy (non-hydrogen) atoms. The molecule has 1 aliphatic rings. The van der Waals surface area contributed by atoms with Crippen LogP contribution in [-0.4, -0.2) is 34.6 Å². The molecule has 1 aromatic heterocycles. The number of benzene rings is 2. The Hall–Kier alpha value is -2.85. The number of amides is 1. The fourth-order valence-electron chi connectivity index (χ4n) is 3.71. The number of carbonyl (C=O) groups is 1. The summed E-state index contributed by atoms with van der Waals surface area (Å²) in [6.45, 7) is 0. The molecular weight excluding hydrogens is 310 g/mol. The third-order valence-corrected chi connectivity index (χ3v) is 4.82. The van der Waals surface area contributed by atoms with E-state index in [9.17, 15) is 4.79 Å². The van der Waals surface area contributed by atoms with Gasteiger partial charge in [0, 0.05) is 37.6 Å². The molecule has 0 radical (unpaired) electrons. The van der Waals surface area contributed by atoms with Crippen LogP contribution in [0.25, 0.3) is 17.0 Å². The second kappa shape index (κ2) is 5.90. The van der Waals surface area contributed by atoms with Crippen molar-refractivity contribution in [2.75, 3.05) is 14.1 Å². The number of para-hydroxylation sites is 1. The van der Waals surface area contributed by atoms with Gasteiger partial charge in [0.1, 0.15) is 5.69 Å². The average molecular weight is 331 g/mol. The Morgan fingerprint density at radius 3 is 2.40 bits per heavy atom. The number of aromatic nitrogens is 1. The molecule has 0 fully saturated rings. The van der Waals surface area contributed by atoms with Crippen LogP contribution in [0.15, 0.2) is 60.7 Å². The summed E-state index contributed by atoms with van der Waals surface area (Å²) in [7, 11) is 5.79. The van der Waals surface area contributed by atoms with Gasteiger partial charge in [0.2, 0.25) is 0 Å². The van der Waals surface area contributed by atoms with Crippen molar-refractivity contribution in [1.29, 1.82) is 0 Å². The van der Waals surface area contributed by atoms with Gasteiger partial charge in [0.05, 0.1) is 6.04 Å². The molecule has 0 N–H and O–H groups in total. The van der Waals surface area contributed by atoms with Crippen LogP contribution in [0.4, 0.5) is 0 Å². The number of aryl methyl sites for hydroxylation is 1. The van der Waals surface area contributed by atoms with Crippen molar-refractivity contribution < 1.29 is 4.79 Å². The van der Waals surface area contributed by atoms with Crippen LogP contribution >= 0.6 is 0 Å². The summed E-state index contributed by atoms with van der Waals surface area (Å²) < 4.78 is 2.01. The third kappa shape index (κ3) is 2.37. The second-order valence-electron chi connectivity index (χ2n) is 6.55. The van der Waals surface area contributed by atoms with Crippen molar-refractivity contribution in [2.45, 2.75) is 6.04 Å². The molecular formula is C21H21N3O. The third-order valence-electron chi connectivity index (χ3n) is 4.82. The second-order valence-corrected chi connectivity index (χ2v) is 6.55. The van der Waals surface area contributed by atoms with Gasteiger partial charge >= 0.3 is 0 Å². The fraction of sp³-hybridized carbons (Fsp3) is 0.190. The first-order valence-electron chi connectivity index (χ1n) is 8.41. The van der Waals surface area contributed by atoms with Gasteiger partial charge in [0.25, 0.3) is 5.91 Å². The smallest absolute Gasteiger partial charge is 0.286 e. The Balaban J connectivity index is 1.89. The normalized spacial score (nSPS) is 17.2. The minimum Gasteiger partial charge on any atom is -0.339 e. The maximum Gasteiger partial charge on any atom is 0.286 e. The van der Waals surface area contributed by atoms with Crippen molar-refractivity contribution in [1.82, 2.24) is 14.6 Å². The van der Waals surface area contributed by atoms with E-state index in [2.05, 4.69) is 36.4 Å². The molecule has 1 unspecified atom stereocenters. The first-order valence-corrected chi connectivity index (χ1v) is 8.41. The van der Waals surface area contributed by atoms with Crippen LogP contribution in [0.3, 0.4) is 0 Å². The first-order chi connectivity index (χ1) is 12.1. The van der Waals surface area contributed by atoms with Gasteiger partial charge in [-0.2, -0.15) is 0 Å². The minimum absolute atomic E-state index is 0.0430. The minimum atomic E-state index is -0.108. The SMILES string of the molecule is CN(C)N1C(=O)c2c(c3ccccc3n2C)C1/C=C/c1ccccc1. The lowest BCUT2D eigenvalue weighted by Gasteiger charge is -2.29. The average Bonchev–Trinajstić information content (AvgIpc) is 3.08. The fourth-order valence-corrected chi connectivity index (χ4v) is 3.71. The predicted octanol–water partition coefficient (Wildman–Crippen LogP) is 3.87. The van der Waals surface area contributed by atoms with Gasteiger partial charge in [-0.15, -0.1) is 0 Å². The number of hydrazine groups is 1. The standard InChI is InChI=1S/C21H21N3O/c1-22(2)24-18(14-13-15-9-5-4-6-10-15)19-16-11-7-8-12-17(16)23(3)20(19)21(24)25/h4-14,18H,1-3H3/b14-13+. The highest BCUT2D eigenvalue weighted by Crippen LogP contribution is 2.41. The number of hydrogen-bond acceptors (Lipinski definition) is 2. The molecule has 126 valence electrons. The summed E-state index contributed by atoms with van der Waals surface area (Å²) in [6, 6.07) is 18.3. The van der Waals surface area contributed by atoms with Gasteiger partial charge in [-0.3, -0.25) is 9.80 Å². The van der Waals surface area contributed by atoms with E-state index >= 15 is 0 Å². The van der Waals surface area contributed by atoms with E-state index in [1.807, 2.05) is 66.1 Å². The van der Waals surface area contributed by atoms with E-state index in [1.165, 1.54) is 0 Å². The summed E-state index contributed by atoms with van der Waals surface area (Å²) in [5, 5.41) is 4.83. The molecule has 4 nitrogen and oxygen atoms in total. The number of hydrogen-bond donors (Lipinski definition) is 0. The number of carbonyl (C=O) groups excluding carboxylic acids is 1. The van der Waals surface area contributed by atoms with Crippen LogP contribution in [0, 0.1) is 0 Å². The zero-order valence-electron chi connectivity index (χ0n) is 14.7. The zero-order chi connectivity index (χ0) is 17.6. The summed E-state index contributed by atoms with van der Waals surface area (Å²) in [5.41, 5.74) is 4.08. The summed E-state index contributed by atoms with van der Waals surface area (Å²) in [4.78, 5) is 13.1. The maximum absolute atomic E-state index is 13.1. The van der Waals surface area contributed by atoms with Crippen LogP contribution < -0.4 is 0 Å². The van der Waals surface area contributed by atoms with Gasteiger partial charge in [0.15, 0.2) is 0 Å². The highest BCUT2D eigenvalue weighted by molar-refractivity contribution is 6.05. The first kappa shape index (κ1) is 15.7. The van der Waals surface area contributed by atoms with Crippen molar-refractivity contribution >= 4 is 22.9 Å². The number of rotatable bonds is 3. The van der Waals surface area contributed by atoms with Gasteiger partial charge < -0.3 is 4.57 Å². The van der Waals surface area contributed by atoms with Crippen molar-refractivity contribution in [2.24, 2.45) is 7.05 Å². The van der Waals surface area contributed by atoms with E-state index in [4.69, 9.17) is 0 Å². The Labute approximate surface area is 147 Å².